The minimum atomic E-state index is -1.08. The second-order valence-corrected chi connectivity index (χ2v) is 4.97. The highest BCUT2D eigenvalue weighted by atomic mass is 19.1. The molecule has 1 fully saturated rings. The number of carbonyl (C=O) groups is 1. The summed E-state index contributed by atoms with van der Waals surface area (Å²) in [6, 6.07) is 2.61. The number of rotatable bonds is 5. The summed E-state index contributed by atoms with van der Waals surface area (Å²) in [5.74, 6) is -2.09. The van der Waals surface area contributed by atoms with Gasteiger partial charge in [0.1, 0.15) is 17.7 Å². The highest BCUT2D eigenvalue weighted by molar-refractivity contribution is 5.78. The number of esters is 1. The molecule has 5 heteroatoms. The van der Waals surface area contributed by atoms with Crippen molar-refractivity contribution in [3.8, 4) is 0 Å². The third-order valence-corrected chi connectivity index (χ3v) is 3.57. The van der Waals surface area contributed by atoms with E-state index in [0.717, 1.165) is 37.8 Å². The SMILES string of the molecule is CCOC(=O)C(NC1CCCC1)c1c(F)cccc1F. The molecule has 110 valence electrons. The molecule has 0 spiro atoms. The predicted molar refractivity (Wildman–Crippen MR) is 71.1 cm³/mol. The standard InChI is InChI=1S/C15H19F2NO2/c1-2-20-15(19)14(18-10-6-3-4-7-10)13-11(16)8-5-9-12(13)17/h5,8-10,14,18H,2-4,6-7H2,1H3. The lowest BCUT2D eigenvalue weighted by Gasteiger charge is -2.22. The number of hydrogen-bond donors (Lipinski definition) is 1. The molecule has 20 heavy (non-hydrogen) atoms. The Bertz CT molecular complexity index is 453. The van der Waals surface area contributed by atoms with Gasteiger partial charge >= 0.3 is 5.97 Å². The van der Waals surface area contributed by atoms with Crippen LogP contribution in [0.4, 0.5) is 8.78 Å². The highest BCUT2D eigenvalue weighted by Gasteiger charge is 2.31. The topological polar surface area (TPSA) is 38.3 Å². The quantitative estimate of drug-likeness (QED) is 0.844. The third kappa shape index (κ3) is 3.33. The zero-order chi connectivity index (χ0) is 14.5. The first-order valence-electron chi connectivity index (χ1n) is 7.00. The second-order valence-electron chi connectivity index (χ2n) is 4.97. The van der Waals surface area contributed by atoms with E-state index < -0.39 is 23.6 Å². The zero-order valence-electron chi connectivity index (χ0n) is 11.5. The molecule has 1 atom stereocenters. The van der Waals surface area contributed by atoms with Crippen LogP contribution in [0.25, 0.3) is 0 Å². The molecule has 1 unspecified atom stereocenters. The molecule has 0 heterocycles. The van der Waals surface area contributed by atoms with Crippen molar-refractivity contribution in [3.05, 3.63) is 35.4 Å². The van der Waals surface area contributed by atoms with Crippen molar-refractivity contribution in [2.24, 2.45) is 0 Å². The van der Waals surface area contributed by atoms with Crippen molar-refractivity contribution in [2.75, 3.05) is 6.61 Å². The fraction of sp³-hybridized carbons (Fsp3) is 0.533. The van der Waals surface area contributed by atoms with E-state index in [1.54, 1.807) is 6.92 Å². The normalized spacial score (nSPS) is 17.1. The van der Waals surface area contributed by atoms with Crippen LogP contribution in [-0.4, -0.2) is 18.6 Å². The Morgan fingerprint density at radius 2 is 1.95 bits per heavy atom. The van der Waals surface area contributed by atoms with Gasteiger partial charge in [0.15, 0.2) is 0 Å². The number of ether oxygens (including phenoxy) is 1. The van der Waals surface area contributed by atoms with Crippen LogP contribution in [0.1, 0.15) is 44.2 Å². The average molecular weight is 283 g/mol. The van der Waals surface area contributed by atoms with E-state index in [1.165, 1.54) is 6.07 Å². The number of carbonyl (C=O) groups excluding carboxylic acids is 1. The van der Waals surface area contributed by atoms with E-state index in [0.29, 0.717) is 0 Å². The molecule has 0 amide bonds. The maximum absolute atomic E-state index is 13.9. The van der Waals surface area contributed by atoms with Gasteiger partial charge in [0, 0.05) is 6.04 Å². The fourth-order valence-electron chi connectivity index (χ4n) is 2.61. The van der Waals surface area contributed by atoms with Crippen LogP contribution in [0, 0.1) is 11.6 Å². The van der Waals surface area contributed by atoms with E-state index in [9.17, 15) is 13.6 Å². The molecule has 0 saturated heterocycles. The van der Waals surface area contributed by atoms with Crippen LogP contribution >= 0.6 is 0 Å². The van der Waals surface area contributed by atoms with Gasteiger partial charge in [0.05, 0.1) is 12.2 Å². The lowest BCUT2D eigenvalue weighted by atomic mass is 10.0. The highest BCUT2D eigenvalue weighted by Crippen LogP contribution is 2.26. The molecule has 1 aromatic carbocycles. The minimum Gasteiger partial charge on any atom is -0.465 e. The van der Waals surface area contributed by atoms with Gasteiger partial charge in [-0.2, -0.15) is 0 Å². The van der Waals surface area contributed by atoms with E-state index in [4.69, 9.17) is 4.74 Å². The van der Waals surface area contributed by atoms with Gasteiger partial charge in [-0.15, -0.1) is 0 Å². The van der Waals surface area contributed by atoms with Gasteiger partial charge in [-0.25, -0.2) is 13.6 Å². The van der Waals surface area contributed by atoms with Crippen LogP contribution in [0.15, 0.2) is 18.2 Å². The van der Waals surface area contributed by atoms with E-state index >= 15 is 0 Å². The van der Waals surface area contributed by atoms with E-state index in [-0.39, 0.29) is 18.2 Å². The molecule has 0 aliphatic heterocycles. The molecule has 1 aliphatic carbocycles. The molecule has 1 saturated carbocycles. The first-order chi connectivity index (χ1) is 9.63. The van der Waals surface area contributed by atoms with Gasteiger partial charge in [0.2, 0.25) is 0 Å². The van der Waals surface area contributed by atoms with E-state index in [2.05, 4.69) is 5.32 Å². The zero-order valence-corrected chi connectivity index (χ0v) is 11.5. The van der Waals surface area contributed by atoms with Gasteiger partial charge in [-0.05, 0) is 31.9 Å². The van der Waals surface area contributed by atoms with Crippen LogP contribution in [0.2, 0.25) is 0 Å². The largest absolute Gasteiger partial charge is 0.465 e. The summed E-state index contributed by atoms with van der Waals surface area (Å²) >= 11 is 0. The summed E-state index contributed by atoms with van der Waals surface area (Å²) in [5.41, 5.74) is -0.252. The number of halogens is 2. The van der Waals surface area contributed by atoms with Crippen LogP contribution in [0.5, 0.6) is 0 Å². The summed E-state index contributed by atoms with van der Waals surface area (Å²) in [6.45, 7) is 1.85. The summed E-state index contributed by atoms with van der Waals surface area (Å²) in [4.78, 5) is 12.0. The molecule has 3 nitrogen and oxygen atoms in total. The smallest absolute Gasteiger partial charge is 0.328 e. The molecular weight excluding hydrogens is 264 g/mol. The summed E-state index contributed by atoms with van der Waals surface area (Å²) in [5, 5.41) is 3.04. The van der Waals surface area contributed by atoms with Crippen molar-refractivity contribution in [1.82, 2.24) is 5.32 Å². The fourth-order valence-corrected chi connectivity index (χ4v) is 2.61. The molecular formula is C15H19F2NO2. The van der Waals surface area contributed by atoms with Gasteiger partial charge in [-0.3, -0.25) is 5.32 Å². The Morgan fingerprint density at radius 3 is 2.50 bits per heavy atom. The monoisotopic (exact) mass is 283 g/mol. The van der Waals surface area contributed by atoms with Crippen molar-refractivity contribution in [3.63, 3.8) is 0 Å². The van der Waals surface area contributed by atoms with Crippen molar-refractivity contribution in [2.45, 2.75) is 44.7 Å². The maximum Gasteiger partial charge on any atom is 0.328 e. The number of benzene rings is 1. The predicted octanol–water partition coefficient (Wildman–Crippen LogP) is 3.10. The van der Waals surface area contributed by atoms with Crippen molar-refractivity contribution >= 4 is 5.97 Å². The molecule has 0 bridgehead atoms. The Kier molecular flexibility index (Phi) is 5.06. The van der Waals surface area contributed by atoms with Gasteiger partial charge < -0.3 is 4.74 Å². The van der Waals surface area contributed by atoms with Gasteiger partial charge in [-0.1, -0.05) is 18.9 Å². The molecule has 2 rings (SSSR count). The minimum absolute atomic E-state index is 0.100. The van der Waals surface area contributed by atoms with E-state index in [1.807, 2.05) is 0 Å². The molecule has 1 N–H and O–H groups in total. The molecule has 1 aliphatic rings. The second kappa shape index (κ2) is 6.79. The van der Waals surface area contributed by atoms with Gasteiger partial charge in [0.25, 0.3) is 0 Å². The molecule has 0 radical (unpaired) electrons. The summed E-state index contributed by atoms with van der Waals surface area (Å²) < 4.78 is 32.7. The summed E-state index contributed by atoms with van der Waals surface area (Å²) in [7, 11) is 0. The Hall–Kier alpha value is -1.49. The van der Waals surface area contributed by atoms with Crippen molar-refractivity contribution < 1.29 is 18.3 Å². The number of nitrogens with one attached hydrogen (secondary N) is 1. The van der Waals surface area contributed by atoms with Crippen molar-refractivity contribution in [1.29, 1.82) is 0 Å². The Morgan fingerprint density at radius 1 is 1.35 bits per heavy atom. The van der Waals surface area contributed by atoms with Crippen LogP contribution in [0.3, 0.4) is 0 Å². The molecule has 1 aromatic rings. The lowest BCUT2D eigenvalue weighted by Crippen LogP contribution is -2.37. The Labute approximate surface area is 117 Å². The maximum atomic E-state index is 13.9. The number of hydrogen-bond acceptors (Lipinski definition) is 3. The first kappa shape index (κ1) is 14.9. The van der Waals surface area contributed by atoms with Crippen LogP contribution < -0.4 is 5.32 Å². The Balaban J connectivity index is 2.27. The third-order valence-electron chi connectivity index (χ3n) is 3.57. The lowest BCUT2D eigenvalue weighted by molar-refractivity contribution is -0.146. The van der Waals surface area contributed by atoms with Crippen LogP contribution in [-0.2, 0) is 9.53 Å². The first-order valence-corrected chi connectivity index (χ1v) is 7.00. The molecule has 0 aromatic heterocycles. The summed E-state index contributed by atoms with van der Waals surface area (Å²) in [6.07, 6.45) is 3.94. The average Bonchev–Trinajstić information content (AvgIpc) is 2.90.